The predicted octanol–water partition coefficient (Wildman–Crippen LogP) is 2.59. The number of hydrogen-bond donors (Lipinski definition) is 4. The summed E-state index contributed by atoms with van der Waals surface area (Å²) in [7, 11) is 0. The molecule has 250 valence electrons. The molecule has 0 spiro atoms. The molecular weight excluding hydrogens is 580 g/mol. The van der Waals surface area contributed by atoms with Crippen LogP contribution in [0.3, 0.4) is 0 Å². The Kier molecular flexibility index (Phi) is 7.76. The number of carbonyl (C=O) groups excluding carboxylic acids is 2. The van der Waals surface area contributed by atoms with Crippen molar-refractivity contribution < 1.29 is 49.0 Å². The standard InChI is InChI=1S/C35H50O10/c1-16(2)35(17(3)45-35)26-13-21(31(41)44-26)27-24(37)14-23-20-7-6-18-12-19(8-10-33(18,4)22(20)9-11-34(23,27)5)42-32-30(40)29(39)28(38)25(15-36)43-32/h7,9,16-19,21,23,25-30,32,36,38-40H,6,8,10-15H2,1-5H3/t17-,18-,19-,21+,23-,25+,26-,27-,28+,29-,30+,32+,33-,34-,35+/m0/s1. The van der Waals surface area contributed by atoms with Crippen LogP contribution < -0.4 is 0 Å². The minimum atomic E-state index is -1.46. The van der Waals surface area contributed by atoms with Crippen LogP contribution in [0.4, 0.5) is 0 Å². The second-order valence-electron chi connectivity index (χ2n) is 15.8. The van der Waals surface area contributed by atoms with Crippen LogP contribution in [-0.2, 0) is 28.5 Å². The van der Waals surface area contributed by atoms with Crippen molar-refractivity contribution in [1.82, 2.24) is 0 Å². The number of ether oxygens (including phenoxy) is 4. The minimum absolute atomic E-state index is 0.0376. The van der Waals surface area contributed by atoms with E-state index >= 15 is 0 Å². The normalized spacial score (nSPS) is 52.5. The number of carbonyl (C=O) groups is 2. The summed E-state index contributed by atoms with van der Waals surface area (Å²) in [5.74, 6) is -0.324. The first-order valence-electron chi connectivity index (χ1n) is 17.0. The largest absolute Gasteiger partial charge is 0.459 e. The third kappa shape index (κ3) is 4.60. The zero-order valence-electron chi connectivity index (χ0n) is 27.1. The van der Waals surface area contributed by atoms with E-state index in [1.807, 2.05) is 6.92 Å². The Morgan fingerprint density at radius 1 is 1.07 bits per heavy atom. The van der Waals surface area contributed by atoms with Crippen LogP contribution in [0, 0.1) is 40.4 Å². The molecule has 10 nitrogen and oxygen atoms in total. The lowest BCUT2D eigenvalue weighted by atomic mass is 9.51. The Morgan fingerprint density at radius 3 is 2.47 bits per heavy atom. The maximum atomic E-state index is 13.8. The molecule has 2 saturated carbocycles. The van der Waals surface area contributed by atoms with Gasteiger partial charge in [-0.15, -0.1) is 0 Å². The molecule has 4 N–H and O–H groups in total. The molecule has 0 aromatic heterocycles. The Labute approximate surface area is 265 Å². The predicted molar refractivity (Wildman–Crippen MR) is 160 cm³/mol. The second-order valence-corrected chi connectivity index (χ2v) is 15.8. The number of esters is 1. The van der Waals surface area contributed by atoms with E-state index in [1.165, 1.54) is 11.1 Å². The first-order chi connectivity index (χ1) is 21.3. The van der Waals surface area contributed by atoms with E-state index < -0.39 is 48.8 Å². The molecule has 15 atom stereocenters. The average molecular weight is 631 g/mol. The van der Waals surface area contributed by atoms with Crippen molar-refractivity contribution in [2.45, 2.75) is 134 Å². The van der Waals surface area contributed by atoms with Gasteiger partial charge < -0.3 is 39.4 Å². The highest BCUT2D eigenvalue weighted by molar-refractivity contribution is 5.91. The van der Waals surface area contributed by atoms with Crippen LogP contribution in [0.2, 0.25) is 0 Å². The smallest absolute Gasteiger partial charge is 0.310 e. The Hall–Kier alpha value is -1.66. The lowest BCUT2D eigenvalue weighted by Crippen LogP contribution is -2.60. The summed E-state index contributed by atoms with van der Waals surface area (Å²) in [6.45, 7) is 10.3. The third-order valence-electron chi connectivity index (χ3n) is 13.3. The van der Waals surface area contributed by atoms with E-state index in [4.69, 9.17) is 18.9 Å². The Bertz CT molecular complexity index is 1290. The Morgan fingerprint density at radius 2 is 1.80 bits per heavy atom. The molecule has 0 unspecified atom stereocenters. The lowest BCUT2D eigenvalue weighted by molar-refractivity contribution is -0.314. The zero-order chi connectivity index (χ0) is 32.2. The van der Waals surface area contributed by atoms with E-state index in [0.717, 1.165) is 32.1 Å². The Balaban J connectivity index is 1.07. The van der Waals surface area contributed by atoms with Gasteiger partial charge in [-0.3, -0.25) is 9.59 Å². The van der Waals surface area contributed by atoms with Gasteiger partial charge in [0.05, 0.1) is 24.7 Å². The fourth-order valence-electron chi connectivity index (χ4n) is 10.6. The summed E-state index contributed by atoms with van der Waals surface area (Å²) >= 11 is 0. The van der Waals surface area contributed by atoms with Crippen molar-refractivity contribution in [2.24, 2.45) is 40.4 Å². The molecule has 3 heterocycles. The number of aliphatic hydroxyl groups excluding tert-OH is 4. The molecule has 7 rings (SSSR count). The van der Waals surface area contributed by atoms with Crippen molar-refractivity contribution in [2.75, 3.05) is 6.61 Å². The van der Waals surface area contributed by atoms with Crippen molar-refractivity contribution in [3.63, 3.8) is 0 Å². The summed E-state index contributed by atoms with van der Waals surface area (Å²) < 4.78 is 23.8. The SMILES string of the molecule is CC(C)[C@@]1([C@@H]2C[C@H]([C@H]3C(=O)C[C@H]4C5=CC[C@H]6C[C@@H](O[C@@H]7O[C@H](CO)[C@@H](O)[C@H](O)[C@H]7O)CC[C@]6(C)C5=CC[C@]34C)C(=O)O2)O[C@H]1C. The average Bonchev–Trinajstić information content (AvgIpc) is 3.44. The topological polar surface area (TPSA) is 155 Å². The van der Waals surface area contributed by atoms with Gasteiger partial charge in [-0.25, -0.2) is 0 Å². The number of hydrogen-bond acceptors (Lipinski definition) is 10. The van der Waals surface area contributed by atoms with Crippen LogP contribution >= 0.6 is 0 Å². The number of allylic oxidation sites excluding steroid dienone is 4. The third-order valence-corrected chi connectivity index (χ3v) is 13.3. The van der Waals surface area contributed by atoms with Gasteiger partial charge in [-0.2, -0.15) is 0 Å². The fraction of sp³-hybridized carbons (Fsp3) is 0.829. The van der Waals surface area contributed by atoms with Gasteiger partial charge in [0, 0.05) is 18.8 Å². The van der Waals surface area contributed by atoms with Crippen molar-refractivity contribution in [3.8, 4) is 0 Å². The van der Waals surface area contributed by atoms with Crippen LogP contribution in [0.25, 0.3) is 0 Å². The summed E-state index contributed by atoms with van der Waals surface area (Å²) in [5, 5.41) is 40.4. The molecule has 0 amide bonds. The molecule has 0 aromatic carbocycles. The monoisotopic (exact) mass is 630 g/mol. The summed E-state index contributed by atoms with van der Waals surface area (Å²) in [4.78, 5) is 27.2. The number of aliphatic hydroxyl groups is 4. The van der Waals surface area contributed by atoms with E-state index in [1.54, 1.807) is 0 Å². The van der Waals surface area contributed by atoms with Gasteiger partial charge in [0.1, 0.15) is 41.9 Å². The highest BCUT2D eigenvalue weighted by atomic mass is 16.7. The maximum absolute atomic E-state index is 13.8. The highest BCUT2D eigenvalue weighted by Gasteiger charge is 2.68. The molecule has 3 aliphatic heterocycles. The van der Waals surface area contributed by atoms with E-state index in [2.05, 4.69) is 39.8 Å². The number of fused-ring (bicyclic) bond motifs is 5. The lowest BCUT2D eigenvalue weighted by Gasteiger charge is -2.53. The van der Waals surface area contributed by atoms with E-state index in [9.17, 15) is 30.0 Å². The van der Waals surface area contributed by atoms with Gasteiger partial charge in [0.15, 0.2) is 6.29 Å². The molecule has 10 heteroatoms. The number of rotatable bonds is 6. The van der Waals surface area contributed by atoms with Gasteiger partial charge in [-0.05, 0) is 78.8 Å². The van der Waals surface area contributed by atoms with Gasteiger partial charge in [-0.1, -0.05) is 39.8 Å². The zero-order valence-corrected chi connectivity index (χ0v) is 27.1. The maximum Gasteiger partial charge on any atom is 0.310 e. The number of epoxide rings is 1. The summed E-state index contributed by atoms with van der Waals surface area (Å²) in [6.07, 6.45) is 2.63. The van der Waals surface area contributed by atoms with E-state index in [-0.39, 0.29) is 64.6 Å². The van der Waals surface area contributed by atoms with Gasteiger partial charge in [0.25, 0.3) is 0 Å². The van der Waals surface area contributed by atoms with Crippen molar-refractivity contribution >= 4 is 11.8 Å². The number of Topliss-reactive ketones (excluding diaryl/α,β-unsaturated/α-hetero) is 1. The fourth-order valence-corrected chi connectivity index (χ4v) is 10.6. The van der Waals surface area contributed by atoms with Crippen LogP contribution in [-0.4, -0.2) is 93.4 Å². The minimum Gasteiger partial charge on any atom is -0.459 e. The number of cyclic esters (lactones) is 1. The quantitative estimate of drug-likeness (QED) is 0.254. The van der Waals surface area contributed by atoms with Crippen molar-refractivity contribution in [3.05, 3.63) is 23.3 Å². The first kappa shape index (κ1) is 31.9. The number of ketones is 1. The molecule has 45 heavy (non-hydrogen) atoms. The summed E-state index contributed by atoms with van der Waals surface area (Å²) in [6, 6.07) is 0. The highest BCUT2D eigenvalue weighted by Crippen LogP contribution is 2.65. The molecular formula is C35H50O10. The summed E-state index contributed by atoms with van der Waals surface area (Å²) in [5.41, 5.74) is 1.70. The molecule has 7 aliphatic rings. The molecule has 0 aromatic rings. The molecule has 5 fully saturated rings. The molecule has 0 bridgehead atoms. The van der Waals surface area contributed by atoms with Crippen LogP contribution in [0.1, 0.15) is 79.6 Å². The van der Waals surface area contributed by atoms with Gasteiger partial charge in [0.2, 0.25) is 0 Å². The molecule has 3 saturated heterocycles. The van der Waals surface area contributed by atoms with Crippen molar-refractivity contribution in [1.29, 1.82) is 0 Å². The van der Waals surface area contributed by atoms with Crippen LogP contribution in [0.15, 0.2) is 23.3 Å². The van der Waals surface area contributed by atoms with E-state index in [0.29, 0.717) is 12.8 Å². The first-order valence-corrected chi connectivity index (χ1v) is 17.0. The second kappa shape index (κ2) is 10.9. The molecule has 4 aliphatic carbocycles. The molecule has 0 radical (unpaired) electrons. The van der Waals surface area contributed by atoms with Gasteiger partial charge >= 0.3 is 5.97 Å². The van der Waals surface area contributed by atoms with Crippen LogP contribution in [0.5, 0.6) is 0 Å².